The van der Waals surface area contributed by atoms with Crippen molar-refractivity contribution in [3.63, 3.8) is 0 Å². The molecule has 0 bridgehead atoms. The van der Waals surface area contributed by atoms with Crippen molar-refractivity contribution in [1.29, 1.82) is 0 Å². The minimum Gasteiger partial charge on any atom is -0.409 e. The maximum absolute atomic E-state index is 8.60. The summed E-state index contributed by atoms with van der Waals surface area (Å²) in [6.07, 6.45) is 4.99. The van der Waals surface area contributed by atoms with Gasteiger partial charge in [0, 0.05) is 17.1 Å². The molecule has 0 atom stereocenters. The van der Waals surface area contributed by atoms with Gasteiger partial charge in [-0.2, -0.15) is 0 Å². The second-order valence-corrected chi connectivity index (χ2v) is 4.94. The molecule has 1 rings (SSSR count). The van der Waals surface area contributed by atoms with Crippen molar-refractivity contribution in [3.05, 3.63) is 34.3 Å². The van der Waals surface area contributed by atoms with Gasteiger partial charge >= 0.3 is 0 Å². The first-order valence-corrected chi connectivity index (χ1v) is 7.04. The van der Waals surface area contributed by atoms with Crippen molar-refractivity contribution in [1.82, 2.24) is 5.32 Å². The number of nitrogens with two attached hydrogens (primary N) is 1. The van der Waals surface area contributed by atoms with E-state index in [0.29, 0.717) is 10.6 Å². The van der Waals surface area contributed by atoms with E-state index in [4.69, 9.17) is 22.5 Å². The number of amidine groups is 1. The molecular weight excluding hydrogens is 262 g/mol. The SMILES string of the molecule is CCCCCCNCc1ccc(/C(N)=N/O)cc1Cl. The highest BCUT2D eigenvalue weighted by atomic mass is 35.5. The molecule has 106 valence electrons. The van der Waals surface area contributed by atoms with E-state index in [9.17, 15) is 0 Å². The van der Waals surface area contributed by atoms with Crippen LogP contribution < -0.4 is 11.1 Å². The van der Waals surface area contributed by atoms with E-state index in [-0.39, 0.29) is 5.84 Å². The van der Waals surface area contributed by atoms with Gasteiger partial charge in [0.05, 0.1) is 0 Å². The van der Waals surface area contributed by atoms with Crippen molar-refractivity contribution in [2.45, 2.75) is 39.2 Å². The van der Waals surface area contributed by atoms with Crippen molar-refractivity contribution in [3.8, 4) is 0 Å². The monoisotopic (exact) mass is 283 g/mol. The molecule has 0 aliphatic rings. The predicted octanol–water partition coefficient (Wildman–Crippen LogP) is 3.10. The second-order valence-electron chi connectivity index (χ2n) is 4.53. The molecule has 1 aromatic carbocycles. The van der Waals surface area contributed by atoms with Gasteiger partial charge in [0.15, 0.2) is 5.84 Å². The molecule has 0 radical (unpaired) electrons. The fourth-order valence-corrected chi connectivity index (χ4v) is 2.05. The first-order valence-electron chi connectivity index (χ1n) is 6.66. The Hall–Kier alpha value is -1.26. The average molecular weight is 284 g/mol. The number of hydrogen-bond acceptors (Lipinski definition) is 3. The quantitative estimate of drug-likeness (QED) is 0.226. The Morgan fingerprint density at radius 1 is 1.37 bits per heavy atom. The summed E-state index contributed by atoms with van der Waals surface area (Å²) in [7, 11) is 0. The Balaban J connectivity index is 2.43. The molecule has 4 nitrogen and oxygen atoms in total. The molecule has 19 heavy (non-hydrogen) atoms. The standard InChI is InChI=1S/C14H22ClN3O/c1-2-3-4-5-8-17-10-12-7-6-11(9-13(12)15)14(16)18-19/h6-7,9,17,19H,2-5,8,10H2,1H3,(H2,16,18). The van der Waals surface area contributed by atoms with Crippen LogP contribution in [-0.2, 0) is 6.54 Å². The van der Waals surface area contributed by atoms with E-state index in [2.05, 4.69) is 17.4 Å². The Labute approximate surface area is 119 Å². The maximum atomic E-state index is 8.60. The first-order chi connectivity index (χ1) is 9.19. The Kier molecular flexibility index (Phi) is 7.30. The maximum Gasteiger partial charge on any atom is 0.170 e. The zero-order valence-electron chi connectivity index (χ0n) is 11.3. The highest BCUT2D eigenvalue weighted by Crippen LogP contribution is 2.17. The number of rotatable bonds is 8. The van der Waals surface area contributed by atoms with Crippen LogP contribution in [0, 0.1) is 0 Å². The van der Waals surface area contributed by atoms with Gasteiger partial charge in [-0.1, -0.05) is 55.1 Å². The van der Waals surface area contributed by atoms with Gasteiger partial charge < -0.3 is 16.3 Å². The van der Waals surface area contributed by atoms with Gasteiger partial charge in [0.1, 0.15) is 0 Å². The topological polar surface area (TPSA) is 70.6 Å². The molecule has 0 aliphatic carbocycles. The van der Waals surface area contributed by atoms with Crippen LogP contribution in [0.1, 0.15) is 43.7 Å². The lowest BCUT2D eigenvalue weighted by molar-refractivity contribution is 0.318. The fraction of sp³-hybridized carbons (Fsp3) is 0.500. The Morgan fingerprint density at radius 2 is 2.16 bits per heavy atom. The highest BCUT2D eigenvalue weighted by molar-refractivity contribution is 6.31. The van der Waals surface area contributed by atoms with Gasteiger partial charge in [-0.15, -0.1) is 0 Å². The average Bonchev–Trinajstić information content (AvgIpc) is 2.43. The van der Waals surface area contributed by atoms with Gasteiger partial charge in [-0.25, -0.2) is 0 Å². The lowest BCUT2D eigenvalue weighted by Crippen LogP contribution is -2.16. The van der Waals surface area contributed by atoms with Crippen LogP contribution >= 0.6 is 11.6 Å². The minimum absolute atomic E-state index is 0.0703. The zero-order valence-corrected chi connectivity index (χ0v) is 12.1. The molecule has 4 N–H and O–H groups in total. The molecule has 0 unspecified atom stereocenters. The van der Waals surface area contributed by atoms with Gasteiger partial charge in [-0.3, -0.25) is 0 Å². The van der Waals surface area contributed by atoms with E-state index in [1.54, 1.807) is 12.1 Å². The zero-order chi connectivity index (χ0) is 14.1. The third-order valence-corrected chi connectivity index (χ3v) is 3.33. The van der Waals surface area contributed by atoms with Crippen molar-refractivity contribution in [2.24, 2.45) is 10.9 Å². The molecule has 0 aliphatic heterocycles. The van der Waals surface area contributed by atoms with Crippen LogP contribution in [-0.4, -0.2) is 17.6 Å². The van der Waals surface area contributed by atoms with E-state index in [1.165, 1.54) is 25.7 Å². The summed E-state index contributed by atoms with van der Waals surface area (Å²) in [4.78, 5) is 0. The largest absolute Gasteiger partial charge is 0.409 e. The molecule has 0 amide bonds. The lowest BCUT2D eigenvalue weighted by Gasteiger charge is -2.08. The molecule has 0 heterocycles. The van der Waals surface area contributed by atoms with Crippen LogP contribution in [0.4, 0.5) is 0 Å². The lowest BCUT2D eigenvalue weighted by atomic mass is 10.1. The fourth-order valence-electron chi connectivity index (χ4n) is 1.81. The Morgan fingerprint density at radius 3 is 2.79 bits per heavy atom. The summed E-state index contributed by atoms with van der Waals surface area (Å²) in [5, 5.41) is 15.6. The molecule has 0 saturated carbocycles. The van der Waals surface area contributed by atoms with Crippen LogP contribution in [0.3, 0.4) is 0 Å². The molecule has 0 spiro atoms. The highest BCUT2D eigenvalue weighted by Gasteiger charge is 2.04. The molecule has 0 saturated heterocycles. The van der Waals surface area contributed by atoms with Gasteiger partial charge in [0.2, 0.25) is 0 Å². The van der Waals surface area contributed by atoms with Gasteiger partial charge in [0.25, 0.3) is 0 Å². The molecule has 0 fully saturated rings. The van der Waals surface area contributed by atoms with Crippen molar-refractivity contribution < 1.29 is 5.21 Å². The Bertz CT molecular complexity index is 421. The van der Waals surface area contributed by atoms with E-state index in [1.807, 2.05) is 6.07 Å². The van der Waals surface area contributed by atoms with E-state index in [0.717, 1.165) is 18.7 Å². The van der Waals surface area contributed by atoms with Crippen LogP contribution in [0.15, 0.2) is 23.4 Å². The number of unbranched alkanes of at least 4 members (excludes halogenated alkanes) is 3. The number of hydrogen-bond donors (Lipinski definition) is 3. The van der Waals surface area contributed by atoms with E-state index < -0.39 is 0 Å². The van der Waals surface area contributed by atoms with Crippen LogP contribution in [0.5, 0.6) is 0 Å². The van der Waals surface area contributed by atoms with Gasteiger partial charge in [-0.05, 0) is 24.6 Å². The first kappa shape index (κ1) is 15.8. The summed E-state index contributed by atoms with van der Waals surface area (Å²) in [5.41, 5.74) is 7.15. The van der Waals surface area contributed by atoms with Crippen molar-refractivity contribution in [2.75, 3.05) is 6.54 Å². The predicted molar refractivity (Wildman–Crippen MR) is 79.8 cm³/mol. The normalized spacial score (nSPS) is 11.8. The van der Waals surface area contributed by atoms with Crippen molar-refractivity contribution >= 4 is 17.4 Å². The number of nitrogens with one attached hydrogen (secondary N) is 1. The van der Waals surface area contributed by atoms with Crippen LogP contribution in [0.25, 0.3) is 0 Å². The molecular formula is C14H22ClN3O. The number of halogens is 1. The summed E-state index contributed by atoms with van der Waals surface area (Å²) in [6, 6.07) is 5.41. The molecule has 1 aromatic rings. The number of nitrogens with zero attached hydrogens (tertiary/aromatic N) is 1. The summed E-state index contributed by atoms with van der Waals surface area (Å²) in [6.45, 7) is 3.94. The third kappa shape index (κ3) is 5.49. The van der Waals surface area contributed by atoms with Crippen LogP contribution in [0.2, 0.25) is 5.02 Å². The third-order valence-electron chi connectivity index (χ3n) is 2.98. The summed E-state index contributed by atoms with van der Waals surface area (Å²) < 4.78 is 0. The second kappa shape index (κ2) is 8.77. The summed E-state index contributed by atoms with van der Waals surface area (Å²) >= 11 is 6.16. The molecule has 5 heteroatoms. The summed E-state index contributed by atoms with van der Waals surface area (Å²) in [5.74, 6) is 0.0703. The minimum atomic E-state index is 0.0703. The molecule has 0 aromatic heterocycles. The number of oxime groups is 1. The number of benzene rings is 1. The smallest absolute Gasteiger partial charge is 0.170 e. The van der Waals surface area contributed by atoms with E-state index >= 15 is 0 Å².